The van der Waals surface area contributed by atoms with Gasteiger partial charge in [-0.2, -0.15) is 5.10 Å². The number of amides is 1. The number of ether oxygens (including phenoxy) is 3. The minimum Gasteiger partial charge on any atom is -0.504 e. The van der Waals surface area contributed by atoms with Gasteiger partial charge in [-0.05, 0) is 55.5 Å². The van der Waals surface area contributed by atoms with Crippen molar-refractivity contribution < 1.29 is 28.9 Å². The van der Waals surface area contributed by atoms with Crippen molar-refractivity contribution in [3.8, 4) is 28.5 Å². The fraction of sp³-hybridized carbons (Fsp3) is 0.167. The summed E-state index contributed by atoms with van der Waals surface area (Å²) in [6, 6.07) is 14.8. The molecule has 4 aromatic rings. The molecule has 4 rings (SSSR count). The van der Waals surface area contributed by atoms with Gasteiger partial charge in [-0.1, -0.05) is 0 Å². The van der Waals surface area contributed by atoms with Crippen molar-refractivity contribution in [2.45, 2.75) is 6.92 Å². The number of anilines is 1. The molecule has 2 heterocycles. The summed E-state index contributed by atoms with van der Waals surface area (Å²) in [6.07, 6.45) is 1.61. The van der Waals surface area contributed by atoms with Crippen LogP contribution >= 0.6 is 0 Å². The standard InChI is InChI=1S/C24H22N4O6/c1-3-33-23(30)14-34-17-7-5-16(6-8-17)26-24(31)18-13-22-25-11-10-19(28(22)27-18)15-4-9-20(29)21(12-15)32-2/h4-13,29H,3,14H2,1-2H3,(H,26,31). The highest BCUT2D eigenvalue weighted by Crippen LogP contribution is 2.31. The summed E-state index contributed by atoms with van der Waals surface area (Å²) >= 11 is 0. The van der Waals surface area contributed by atoms with E-state index in [2.05, 4.69) is 15.4 Å². The molecule has 2 aromatic carbocycles. The van der Waals surface area contributed by atoms with Crippen molar-refractivity contribution in [2.75, 3.05) is 25.6 Å². The highest BCUT2D eigenvalue weighted by Gasteiger charge is 2.15. The van der Waals surface area contributed by atoms with E-state index in [-0.39, 0.29) is 24.7 Å². The zero-order valence-electron chi connectivity index (χ0n) is 18.5. The SMILES string of the molecule is CCOC(=O)COc1ccc(NC(=O)c2cc3nccc(-c4ccc(O)c(OC)c4)n3n2)cc1. The Morgan fingerprint density at radius 2 is 1.88 bits per heavy atom. The number of nitrogens with one attached hydrogen (secondary N) is 1. The van der Waals surface area contributed by atoms with Gasteiger partial charge in [-0.25, -0.2) is 14.3 Å². The Labute approximate surface area is 194 Å². The number of aromatic nitrogens is 3. The zero-order valence-corrected chi connectivity index (χ0v) is 18.5. The second-order valence-corrected chi connectivity index (χ2v) is 7.09. The molecule has 0 saturated heterocycles. The van der Waals surface area contributed by atoms with Gasteiger partial charge in [-0.15, -0.1) is 0 Å². The average molecular weight is 462 g/mol. The van der Waals surface area contributed by atoms with Crippen LogP contribution in [0.2, 0.25) is 0 Å². The molecule has 1 amide bonds. The van der Waals surface area contributed by atoms with Crippen LogP contribution in [0.25, 0.3) is 16.9 Å². The van der Waals surface area contributed by atoms with Gasteiger partial charge in [0, 0.05) is 23.5 Å². The van der Waals surface area contributed by atoms with E-state index >= 15 is 0 Å². The van der Waals surface area contributed by atoms with E-state index in [1.807, 2.05) is 0 Å². The van der Waals surface area contributed by atoms with E-state index in [0.717, 1.165) is 5.56 Å². The van der Waals surface area contributed by atoms with E-state index in [0.29, 0.717) is 28.5 Å². The smallest absolute Gasteiger partial charge is 0.344 e. The number of hydrogen-bond acceptors (Lipinski definition) is 8. The molecule has 0 unspecified atom stereocenters. The third kappa shape index (κ3) is 4.90. The molecule has 10 nitrogen and oxygen atoms in total. The van der Waals surface area contributed by atoms with Crippen LogP contribution in [0.15, 0.2) is 60.8 Å². The number of rotatable bonds is 8. The Kier molecular flexibility index (Phi) is 6.58. The molecule has 0 spiro atoms. The number of carbonyl (C=O) groups excluding carboxylic acids is 2. The van der Waals surface area contributed by atoms with Crippen LogP contribution < -0.4 is 14.8 Å². The highest BCUT2D eigenvalue weighted by atomic mass is 16.6. The zero-order chi connectivity index (χ0) is 24.1. The first kappa shape index (κ1) is 22.6. The molecule has 0 aliphatic heterocycles. The number of benzene rings is 2. The molecule has 0 aliphatic carbocycles. The number of nitrogens with zero attached hydrogens (tertiary/aromatic N) is 3. The molecule has 2 aromatic heterocycles. The van der Waals surface area contributed by atoms with Gasteiger partial charge in [0.2, 0.25) is 0 Å². The molecule has 174 valence electrons. The first-order valence-corrected chi connectivity index (χ1v) is 10.4. The molecule has 34 heavy (non-hydrogen) atoms. The summed E-state index contributed by atoms with van der Waals surface area (Å²) in [7, 11) is 1.47. The normalized spacial score (nSPS) is 10.6. The van der Waals surface area contributed by atoms with Gasteiger partial charge in [0.25, 0.3) is 5.91 Å². The van der Waals surface area contributed by atoms with Crippen LogP contribution in [0.4, 0.5) is 5.69 Å². The fourth-order valence-corrected chi connectivity index (χ4v) is 3.24. The summed E-state index contributed by atoms with van der Waals surface area (Å²) in [4.78, 5) is 28.5. The quantitative estimate of drug-likeness (QED) is 0.382. The summed E-state index contributed by atoms with van der Waals surface area (Å²) in [5.41, 5.74) is 2.59. The molecule has 0 aliphatic rings. The van der Waals surface area contributed by atoms with Crippen LogP contribution in [0.1, 0.15) is 17.4 Å². The van der Waals surface area contributed by atoms with Crippen molar-refractivity contribution >= 4 is 23.2 Å². The molecule has 0 bridgehead atoms. The van der Waals surface area contributed by atoms with E-state index in [4.69, 9.17) is 14.2 Å². The molecule has 0 fully saturated rings. The van der Waals surface area contributed by atoms with Gasteiger partial charge in [0.1, 0.15) is 5.75 Å². The van der Waals surface area contributed by atoms with E-state index < -0.39 is 11.9 Å². The fourth-order valence-electron chi connectivity index (χ4n) is 3.24. The van der Waals surface area contributed by atoms with Crippen molar-refractivity contribution in [2.24, 2.45) is 0 Å². The number of aromatic hydroxyl groups is 1. The lowest BCUT2D eigenvalue weighted by Crippen LogP contribution is -2.15. The summed E-state index contributed by atoms with van der Waals surface area (Å²) in [5.74, 6) is -0.0565. The van der Waals surface area contributed by atoms with Crippen molar-refractivity contribution in [1.82, 2.24) is 14.6 Å². The van der Waals surface area contributed by atoms with Crippen molar-refractivity contribution in [1.29, 1.82) is 0 Å². The molecule has 0 atom stereocenters. The van der Waals surface area contributed by atoms with E-state index in [1.54, 1.807) is 66.2 Å². The molecule has 0 saturated carbocycles. The Morgan fingerprint density at radius 1 is 1.09 bits per heavy atom. The Bertz CT molecular complexity index is 1330. The van der Waals surface area contributed by atoms with Gasteiger partial charge < -0.3 is 24.6 Å². The number of phenolic OH excluding ortho intramolecular Hbond substituents is 1. The lowest BCUT2D eigenvalue weighted by Gasteiger charge is -2.08. The number of esters is 1. The first-order valence-electron chi connectivity index (χ1n) is 10.4. The lowest BCUT2D eigenvalue weighted by molar-refractivity contribution is -0.145. The van der Waals surface area contributed by atoms with Crippen LogP contribution in [0.3, 0.4) is 0 Å². The van der Waals surface area contributed by atoms with Gasteiger partial charge in [-0.3, -0.25) is 4.79 Å². The minimum absolute atomic E-state index is 0.0226. The average Bonchev–Trinajstić information content (AvgIpc) is 3.29. The molecule has 0 radical (unpaired) electrons. The maximum atomic E-state index is 12.8. The highest BCUT2D eigenvalue weighted by molar-refractivity contribution is 6.03. The summed E-state index contributed by atoms with van der Waals surface area (Å²) in [6.45, 7) is 1.82. The van der Waals surface area contributed by atoms with Crippen LogP contribution in [-0.2, 0) is 9.53 Å². The number of fused-ring (bicyclic) bond motifs is 1. The second-order valence-electron chi connectivity index (χ2n) is 7.09. The first-order chi connectivity index (χ1) is 16.5. The van der Waals surface area contributed by atoms with Crippen molar-refractivity contribution in [3.05, 3.63) is 66.5 Å². The lowest BCUT2D eigenvalue weighted by atomic mass is 10.1. The maximum absolute atomic E-state index is 12.8. The molecular formula is C24H22N4O6. The number of phenols is 1. The number of hydrogen-bond donors (Lipinski definition) is 2. The number of carbonyl (C=O) groups is 2. The Morgan fingerprint density at radius 3 is 2.62 bits per heavy atom. The second kappa shape index (κ2) is 9.90. The predicted octanol–water partition coefficient (Wildman–Crippen LogP) is 3.30. The van der Waals surface area contributed by atoms with Crippen LogP contribution in [-0.4, -0.2) is 51.9 Å². The third-order valence-corrected chi connectivity index (χ3v) is 4.84. The predicted molar refractivity (Wildman–Crippen MR) is 123 cm³/mol. The van der Waals surface area contributed by atoms with Gasteiger partial charge in [0.15, 0.2) is 29.4 Å². The monoisotopic (exact) mass is 462 g/mol. The summed E-state index contributed by atoms with van der Waals surface area (Å²) in [5, 5.41) is 17.0. The van der Waals surface area contributed by atoms with E-state index in [9.17, 15) is 14.7 Å². The molecule has 2 N–H and O–H groups in total. The largest absolute Gasteiger partial charge is 0.504 e. The van der Waals surface area contributed by atoms with E-state index in [1.165, 1.54) is 13.2 Å². The molecule has 10 heteroatoms. The number of methoxy groups -OCH3 is 1. The van der Waals surface area contributed by atoms with Crippen LogP contribution in [0.5, 0.6) is 17.2 Å². The van der Waals surface area contributed by atoms with Crippen molar-refractivity contribution in [3.63, 3.8) is 0 Å². The Balaban J connectivity index is 1.50. The third-order valence-electron chi connectivity index (χ3n) is 4.84. The van der Waals surface area contributed by atoms with Gasteiger partial charge in [0.05, 0.1) is 19.4 Å². The van der Waals surface area contributed by atoms with Crippen LogP contribution in [0, 0.1) is 0 Å². The minimum atomic E-state index is -0.453. The topological polar surface area (TPSA) is 124 Å². The summed E-state index contributed by atoms with van der Waals surface area (Å²) < 4.78 is 16.9. The van der Waals surface area contributed by atoms with Gasteiger partial charge >= 0.3 is 5.97 Å². The maximum Gasteiger partial charge on any atom is 0.344 e. The Hall–Kier alpha value is -4.60. The molecular weight excluding hydrogens is 440 g/mol.